The average Bonchev–Trinajstić information content (AvgIpc) is 3.46. The van der Waals surface area contributed by atoms with Crippen molar-refractivity contribution in [3.05, 3.63) is 119 Å². The highest BCUT2D eigenvalue weighted by atomic mass is 15.1. The molecule has 36 heavy (non-hydrogen) atoms. The minimum Gasteiger partial charge on any atom is -0.391 e. The number of H-pyrrole nitrogens is 2. The lowest BCUT2D eigenvalue weighted by Crippen LogP contribution is -2.11. The van der Waals surface area contributed by atoms with Crippen LogP contribution in [0.25, 0.3) is 22.6 Å². The zero-order valence-corrected chi connectivity index (χ0v) is 21.5. The molecular weight excluding hydrogens is 442 g/mol. The van der Waals surface area contributed by atoms with Crippen LogP contribution < -0.4 is 5.32 Å². The van der Waals surface area contributed by atoms with Gasteiger partial charge >= 0.3 is 0 Å². The number of aromatic amines is 2. The summed E-state index contributed by atoms with van der Waals surface area (Å²) in [4.78, 5) is 8.38. The van der Waals surface area contributed by atoms with E-state index in [1.807, 2.05) is 19.1 Å². The summed E-state index contributed by atoms with van der Waals surface area (Å²) in [6, 6.07) is 12.9. The molecule has 0 aliphatic heterocycles. The second-order valence-corrected chi connectivity index (χ2v) is 9.07. The molecule has 2 heterocycles. The molecule has 4 aromatic rings. The molecule has 2 aromatic carbocycles. The van der Waals surface area contributed by atoms with Crippen LogP contribution in [0.2, 0.25) is 0 Å². The highest BCUT2D eigenvalue weighted by Gasteiger charge is 2.19. The maximum Gasteiger partial charge on any atom is 0.159 e. The van der Waals surface area contributed by atoms with Crippen molar-refractivity contribution in [2.75, 3.05) is 6.54 Å². The molecule has 0 unspecified atom stereocenters. The van der Waals surface area contributed by atoms with Crippen LogP contribution in [0.5, 0.6) is 0 Å². The van der Waals surface area contributed by atoms with Gasteiger partial charge < -0.3 is 10.3 Å². The van der Waals surface area contributed by atoms with Gasteiger partial charge in [-0.05, 0) is 79.8 Å². The van der Waals surface area contributed by atoms with E-state index in [0.717, 1.165) is 54.1 Å². The van der Waals surface area contributed by atoms with Gasteiger partial charge in [-0.25, -0.2) is 4.98 Å². The predicted octanol–water partition coefficient (Wildman–Crippen LogP) is 6.67. The normalized spacial score (nSPS) is 11.9. The van der Waals surface area contributed by atoms with Gasteiger partial charge in [0.15, 0.2) is 5.82 Å². The van der Waals surface area contributed by atoms with Gasteiger partial charge in [-0.1, -0.05) is 61.7 Å². The van der Waals surface area contributed by atoms with Crippen molar-refractivity contribution in [3.63, 3.8) is 0 Å². The summed E-state index contributed by atoms with van der Waals surface area (Å²) in [6.45, 7) is 14.8. The molecule has 0 amide bonds. The molecule has 0 aliphatic carbocycles. The molecule has 0 spiro atoms. The van der Waals surface area contributed by atoms with Gasteiger partial charge in [0.05, 0.1) is 11.0 Å². The van der Waals surface area contributed by atoms with E-state index in [9.17, 15) is 0 Å². The number of fused-ring (bicyclic) bond motifs is 1. The summed E-state index contributed by atoms with van der Waals surface area (Å²) in [5.41, 5.74) is 11.4. The molecule has 0 aliphatic rings. The fraction of sp³-hybridized carbons (Fsp3) is 0.226. The van der Waals surface area contributed by atoms with Gasteiger partial charge in [0, 0.05) is 24.2 Å². The Balaban J connectivity index is 1.71. The minimum atomic E-state index is 0.763. The largest absolute Gasteiger partial charge is 0.391 e. The van der Waals surface area contributed by atoms with Gasteiger partial charge in [-0.15, -0.1) is 0 Å². The average molecular weight is 478 g/mol. The zero-order chi connectivity index (χ0) is 25.5. The molecule has 3 N–H and O–H groups in total. The Hall–Kier alpha value is -4.12. The van der Waals surface area contributed by atoms with Crippen LogP contribution in [-0.2, 0) is 19.3 Å². The van der Waals surface area contributed by atoms with Crippen molar-refractivity contribution in [2.45, 2.75) is 40.0 Å². The van der Waals surface area contributed by atoms with Crippen molar-refractivity contribution in [3.8, 4) is 11.5 Å². The van der Waals surface area contributed by atoms with Crippen molar-refractivity contribution < 1.29 is 0 Å². The SMILES string of the molecule is C=CNCCc1c(-c2nc3cc(C)c(C)cc3[nH]2)n[nH]c1Cc1ccccc1C/C(C=C)=C/C=C\C. The van der Waals surface area contributed by atoms with E-state index in [-0.39, 0.29) is 0 Å². The third kappa shape index (κ3) is 5.57. The van der Waals surface area contributed by atoms with Gasteiger partial charge in [-0.2, -0.15) is 5.10 Å². The van der Waals surface area contributed by atoms with Crippen LogP contribution in [-0.4, -0.2) is 26.7 Å². The van der Waals surface area contributed by atoms with Crippen LogP contribution in [0.1, 0.15) is 40.4 Å². The first-order valence-corrected chi connectivity index (χ1v) is 12.4. The maximum absolute atomic E-state index is 4.89. The number of aromatic nitrogens is 4. The molecule has 5 nitrogen and oxygen atoms in total. The van der Waals surface area contributed by atoms with Crippen LogP contribution in [0.15, 0.2) is 85.6 Å². The third-order valence-corrected chi connectivity index (χ3v) is 6.58. The highest BCUT2D eigenvalue weighted by Crippen LogP contribution is 2.28. The van der Waals surface area contributed by atoms with Gasteiger partial charge in [0.25, 0.3) is 0 Å². The number of benzene rings is 2. The maximum atomic E-state index is 4.89. The van der Waals surface area contributed by atoms with E-state index in [4.69, 9.17) is 10.1 Å². The molecule has 5 heteroatoms. The van der Waals surface area contributed by atoms with Gasteiger partial charge in [0.1, 0.15) is 5.69 Å². The van der Waals surface area contributed by atoms with Crippen molar-refractivity contribution in [2.24, 2.45) is 0 Å². The number of imidazole rings is 1. The van der Waals surface area contributed by atoms with E-state index >= 15 is 0 Å². The van der Waals surface area contributed by atoms with E-state index in [0.29, 0.717) is 0 Å². The number of allylic oxidation sites excluding steroid dienone is 5. The van der Waals surface area contributed by atoms with Crippen LogP contribution >= 0.6 is 0 Å². The Morgan fingerprint density at radius 3 is 2.61 bits per heavy atom. The quantitative estimate of drug-likeness (QED) is 0.167. The molecule has 2 aromatic heterocycles. The fourth-order valence-electron chi connectivity index (χ4n) is 4.43. The third-order valence-electron chi connectivity index (χ3n) is 6.58. The van der Waals surface area contributed by atoms with E-state index in [2.05, 4.69) is 91.0 Å². The first kappa shape index (κ1) is 25.0. The molecule has 0 saturated heterocycles. The molecule has 0 fully saturated rings. The van der Waals surface area contributed by atoms with E-state index in [1.165, 1.54) is 33.4 Å². The number of hydrogen-bond acceptors (Lipinski definition) is 3. The summed E-state index contributed by atoms with van der Waals surface area (Å²) in [5.74, 6) is 0.794. The molecule has 0 saturated carbocycles. The predicted molar refractivity (Wildman–Crippen MR) is 151 cm³/mol. The summed E-state index contributed by atoms with van der Waals surface area (Å²) in [5, 5.41) is 11.3. The Morgan fingerprint density at radius 2 is 1.86 bits per heavy atom. The first-order valence-electron chi connectivity index (χ1n) is 12.4. The highest BCUT2D eigenvalue weighted by molar-refractivity contribution is 5.81. The smallest absolute Gasteiger partial charge is 0.159 e. The summed E-state index contributed by atoms with van der Waals surface area (Å²) in [7, 11) is 0. The summed E-state index contributed by atoms with van der Waals surface area (Å²) in [6.07, 6.45) is 12.3. The minimum absolute atomic E-state index is 0.763. The second kappa shape index (κ2) is 11.5. The fourth-order valence-corrected chi connectivity index (χ4v) is 4.43. The number of nitrogens with zero attached hydrogens (tertiary/aromatic N) is 2. The standard InChI is InChI=1S/C31H35N5/c1-6-9-12-23(7-2)19-24-13-10-11-14-25(24)20-27-26(15-16-32-8-3)30(36-35-27)31-33-28-17-21(4)22(5)18-29(28)34-31/h6-14,17-18,32H,2-3,15-16,19-20H2,1,4-5H3,(H,33,34)(H,35,36)/b9-6-,23-12+. The van der Waals surface area contributed by atoms with Crippen LogP contribution in [0.4, 0.5) is 0 Å². The molecule has 0 bridgehead atoms. The first-order chi connectivity index (χ1) is 17.5. The van der Waals surface area contributed by atoms with Gasteiger partial charge in [-0.3, -0.25) is 5.10 Å². The lowest BCUT2D eigenvalue weighted by molar-refractivity contribution is 0.825. The molecule has 4 rings (SSSR count). The van der Waals surface area contributed by atoms with E-state index in [1.54, 1.807) is 6.20 Å². The monoisotopic (exact) mass is 477 g/mol. The van der Waals surface area contributed by atoms with Gasteiger partial charge in [0.2, 0.25) is 0 Å². The Labute approximate surface area is 213 Å². The van der Waals surface area contributed by atoms with Crippen molar-refractivity contribution in [1.29, 1.82) is 0 Å². The number of aryl methyl sites for hydroxylation is 2. The molecule has 0 radical (unpaired) electrons. The Kier molecular flexibility index (Phi) is 8.01. The summed E-state index contributed by atoms with van der Waals surface area (Å²) >= 11 is 0. The number of hydrogen-bond donors (Lipinski definition) is 3. The van der Waals surface area contributed by atoms with E-state index < -0.39 is 0 Å². The molecule has 184 valence electrons. The van der Waals surface area contributed by atoms with Crippen LogP contribution in [0.3, 0.4) is 0 Å². The summed E-state index contributed by atoms with van der Waals surface area (Å²) < 4.78 is 0. The molecular formula is C31H35N5. The molecule has 0 atom stereocenters. The van der Waals surface area contributed by atoms with Crippen LogP contribution in [0, 0.1) is 13.8 Å². The lowest BCUT2D eigenvalue weighted by atomic mass is 9.95. The second-order valence-electron chi connectivity index (χ2n) is 9.07. The van der Waals surface area contributed by atoms with Crippen molar-refractivity contribution >= 4 is 11.0 Å². The Bertz CT molecular complexity index is 1390. The topological polar surface area (TPSA) is 69.4 Å². The van der Waals surface area contributed by atoms with Crippen molar-refractivity contribution in [1.82, 2.24) is 25.5 Å². The zero-order valence-electron chi connectivity index (χ0n) is 21.5. The lowest BCUT2D eigenvalue weighted by Gasteiger charge is -2.11. The number of nitrogens with one attached hydrogen (secondary N) is 3. The Morgan fingerprint density at radius 1 is 1.08 bits per heavy atom. The number of rotatable bonds is 11.